The van der Waals surface area contributed by atoms with Crippen molar-refractivity contribution < 1.29 is 4.74 Å². The minimum atomic E-state index is -0.0841. The van der Waals surface area contributed by atoms with Gasteiger partial charge in [0.05, 0.1) is 24.9 Å². The molecule has 0 unspecified atom stereocenters. The third-order valence-corrected chi connectivity index (χ3v) is 7.08. The van der Waals surface area contributed by atoms with Gasteiger partial charge in [-0.1, -0.05) is 24.3 Å². The third kappa shape index (κ3) is 3.64. The molecular weight excluding hydrogens is 440 g/mol. The largest absolute Gasteiger partial charge is 0.497 e. The van der Waals surface area contributed by atoms with E-state index in [4.69, 9.17) is 21.9 Å². The molecule has 5 nitrogen and oxygen atoms in total. The van der Waals surface area contributed by atoms with E-state index in [0.29, 0.717) is 5.11 Å². The number of benzene rings is 2. The van der Waals surface area contributed by atoms with Gasteiger partial charge in [-0.05, 0) is 87.1 Å². The molecule has 0 bridgehead atoms. The highest BCUT2D eigenvalue weighted by atomic mass is 32.1. The summed E-state index contributed by atoms with van der Waals surface area (Å²) in [7, 11) is 1.68. The second-order valence-electron chi connectivity index (χ2n) is 8.58. The van der Waals surface area contributed by atoms with Crippen molar-refractivity contribution in [1.29, 1.82) is 0 Å². The second-order valence-corrected chi connectivity index (χ2v) is 8.96. The SMILES string of the molecule is COc1ccc(N2C(=S)N[C@@H](c3ccccn3)[C@H]2c2c(C)c(C)n(-c3ccccc3)c2C)cc1. The van der Waals surface area contributed by atoms with E-state index in [0.717, 1.165) is 22.8 Å². The van der Waals surface area contributed by atoms with Crippen LogP contribution in [0.3, 0.4) is 0 Å². The molecule has 2 aromatic heterocycles. The molecule has 5 rings (SSSR count). The zero-order chi connectivity index (χ0) is 23.8. The summed E-state index contributed by atoms with van der Waals surface area (Å²) in [6.45, 7) is 6.60. The average Bonchev–Trinajstić information content (AvgIpc) is 3.32. The molecule has 0 radical (unpaired) electrons. The van der Waals surface area contributed by atoms with Crippen molar-refractivity contribution in [2.75, 3.05) is 12.0 Å². The molecule has 2 atom stereocenters. The number of hydrogen-bond donors (Lipinski definition) is 1. The highest BCUT2D eigenvalue weighted by Gasteiger charge is 2.43. The molecule has 1 fully saturated rings. The number of nitrogens with zero attached hydrogens (tertiary/aromatic N) is 3. The number of hydrogen-bond acceptors (Lipinski definition) is 3. The number of ether oxygens (including phenoxy) is 1. The van der Waals surface area contributed by atoms with Crippen molar-refractivity contribution in [3.8, 4) is 11.4 Å². The van der Waals surface area contributed by atoms with E-state index in [2.05, 4.69) is 78.0 Å². The number of anilines is 1. The van der Waals surface area contributed by atoms with Crippen molar-refractivity contribution in [3.05, 3.63) is 107 Å². The molecule has 0 amide bonds. The van der Waals surface area contributed by atoms with E-state index >= 15 is 0 Å². The first-order valence-corrected chi connectivity index (χ1v) is 11.8. The van der Waals surface area contributed by atoms with Crippen LogP contribution in [0.25, 0.3) is 5.69 Å². The van der Waals surface area contributed by atoms with E-state index in [9.17, 15) is 0 Å². The zero-order valence-corrected chi connectivity index (χ0v) is 20.6. The topological polar surface area (TPSA) is 42.3 Å². The summed E-state index contributed by atoms with van der Waals surface area (Å²) in [5.41, 5.74) is 8.10. The summed E-state index contributed by atoms with van der Waals surface area (Å²) in [5, 5.41) is 4.26. The van der Waals surface area contributed by atoms with E-state index in [1.165, 1.54) is 22.5 Å². The Morgan fingerprint density at radius 2 is 1.56 bits per heavy atom. The molecule has 1 N–H and O–H groups in total. The van der Waals surface area contributed by atoms with Crippen molar-refractivity contribution in [2.24, 2.45) is 0 Å². The Labute approximate surface area is 206 Å². The molecule has 0 aliphatic carbocycles. The van der Waals surface area contributed by atoms with E-state index in [1.54, 1.807) is 7.11 Å². The predicted molar refractivity (Wildman–Crippen MR) is 141 cm³/mol. The highest BCUT2D eigenvalue weighted by Crippen LogP contribution is 2.45. The van der Waals surface area contributed by atoms with Crippen molar-refractivity contribution in [2.45, 2.75) is 32.9 Å². The number of rotatable bonds is 5. The lowest BCUT2D eigenvalue weighted by molar-refractivity contribution is 0.415. The summed E-state index contributed by atoms with van der Waals surface area (Å²) in [6, 6.07) is 24.5. The van der Waals surface area contributed by atoms with E-state index in [-0.39, 0.29) is 12.1 Å². The number of pyridine rings is 1. The lowest BCUT2D eigenvalue weighted by atomic mass is 9.93. The number of methoxy groups -OCH3 is 1. The molecule has 1 aliphatic heterocycles. The molecule has 3 heterocycles. The molecule has 0 spiro atoms. The first-order valence-electron chi connectivity index (χ1n) is 11.4. The Balaban J connectivity index is 1.71. The van der Waals surface area contributed by atoms with Crippen LogP contribution in [0.15, 0.2) is 79.0 Å². The van der Waals surface area contributed by atoms with Gasteiger partial charge in [-0.2, -0.15) is 0 Å². The van der Waals surface area contributed by atoms with Gasteiger partial charge in [0.2, 0.25) is 0 Å². The summed E-state index contributed by atoms with van der Waals surface area (Å²) < 4.78 is 7.73. The molecule has 6 heteroatoms. The molecule has 34 heavy (non-hydrogen) atoms. The van der Waals surface area contributed by atoms with Gasteiger partial charge in [0.25, 0.3) is 0 Å². The summed E-state index contributed by atoms with van der Waals surface area (Å²) in [4.78, 5) is 6.92. The van der Waals surface area contributed by atoms with Crippen LogP contribution in [-0.2, 0) is 0 Å². The number of thiocarbonyl (C=S) groups is 1. The minimum absolute atomic E-state index is 0.0561. The summed E-state index contributed by atoms with van der Waals surface area (Å²) >= 11 is 5.91. The zero-order valence-electron chi connectivity index (χ0n) is 19.8. The van der Waals surface area contributed by atoms with Crippen LogP contribution in [0.1, 0.15) is 40.3 Å². The average molecular weight is 469 g/mol. The smallest absolute Gasteiger partial charge is 0.174 e. The van der Waals surface area contributed by atoms with Crippen molar-refractivity contribution in [1.82, 2.24) is 14.9 Å². The van der Waals surface area contributed by atoms with Crippen LogP contribution in [0.5, 0.6) is 5.75 Å². The molecule has 172 valence electrons. The molecular formula is C28H28N4OS. The summed E-state index contributed by atoms with van der Waals surface area (Å²) in [5.74, 6) is 0.818. The predicted octanol–water partition coefficient (Wildman–Crippen LogP) is 5.98. The quantitative estimate of drug-likeness (QED) is 0.365. The standard InChI is InChI=1S/C28H28N4OS/c1-18-19(2)31(21-10-6-5-7-11-21)20(3)25(18)27-26(24-12-8-9-17-29-24)30-28(34)32(27)22-13-15-23(33-4)16-14-22/h5-17,26-27H,1-4H3,(H,30,34)/t26-,27+/m0/s1. The molecule has 1 saturated heterocycles. The van der Waals surface area contributed by atoms with Gasteiger partial charge in [-0.25, -0.2) is 0 Å². The Morgan fingerprint density at radius 3 is 2.21 bits per heavy atom. The molecule has 2 aromatic carbocycles. The fourth-order valence-corrected chi connectivity index (χ4v) is 5.42. The number of para-hydroxylation sites is 1. The van der Waals surface area contributed by atoms with Gasteiger partial charge < -0.3 is 19.5 Å². The van der Waals surface area contributed by atoms with Crippen LogP contribution < -0.4 is 15.0 Å². The lowest BCUT2D eigenvalue weighted by Gasteiger charge is -2.29. The maximum absolute atomic E-state index is 5.91. The number of nitrogens with one attached hydrogen (secondary N) is 1. The van der Waals surface area contributed by atoms with Gasteiger partial charge in [0.1, 0.15) is 5.75 Å². The van der Waals surface area contributed by atoms with Crippen molar-refractivity contribution >= 4 is 23.0 Å². The van der Waals surface area contributed by atoms with Gasteiger partial charge in [-0.15, -0.1) is 0 Å². The first-order chi connectivity index (χ1) is 16.5. The Bertz CT molecular complexity index is 1320. The second kappa shape index (κ2) is 8.95. The van der Waals surface area contributed by atoms with Crippen LogP contribution in [0.2, 0.25) is 0 Å². The third-order valence-electron chi connectivity index (χ3n) is 6.77. The number of aromatic nitrogens is 2. The fraction of sp³-hybridized carbons (Fsp3) is 0.214. The van der Waals surface area contributed by atoms with Gasteiger partial charge >= 0.3 is 0 Å². The van der Waals surface area contributed by atoms with Crippen LogP contribution in [-0.4, -0.2) is 21.8 Å². The Morgan fingerprint density at radius 1 is 0.853 bits per heavy atom. The normalized spacial score (nSPS) is 17.6. The maximum Gasteiger partial charge on any atom is 0.174 e. The van der Waals surface area contributed by atoms with E-state index < -0.39 is 0 Å². The van der Waals surface area contributed by atoms with Gasteiger partial charge in [0.15, 0.2) is 5.11 Å². The Hall–Kier alpha value is -3.64. The van der Waals surface area contributed by atoms with Crippen LogP contribution in [0, 0.1) is 20.8 Å². The van der Waals surface area contributed by atoms with Crippen LogP contribution >= 0.6 is 12.2 Å². The van der Waals surface area contributed by atoms with Crippen molar-refractivity contribution in [3.63, 3.8) is 0 Å². The Kier molecular flexibility index (Phi) is 5.84. The maximum atomic E-state index is 5.91. The van der Waals surface area contributed by atoms with Crippen LogP contribution in [0.4, 0.5) is 5.69 Å². The highest BCUT2D eigenvalue weighted by molar-refractivity contribution is 7.80. The minimum Gasteiger partial charge on any atom is -0.497 e. The lowest BCUT2D eigenvalue weighted by Crippen LogP contribution is -2.29. The van der Waals surface area contributed by atoms with Gasteiger partial charge in [-0.3, -0.25) is 4.98 Å². The van der Waals surface area contributed by atoms with E-state index in [1.807, 2.05) is 36.5 Å². The fourth-order valence-electron chi connectivity index (χ4n) is 5.08. The molecule has 1 aliphatic rings. The molecule has 4 aromatic rings. The van der Waals surface area contributed by atoms with Gasteiger partial charge in [0, 0.05) is 34.5 Å². The monoisotopic (exact) mass is 468 g/mol. The first kappa shape index (κ1) is 22.2. The molecule has 0 saturated carbocycles. The summed E-state index contributed by atoms with van der Waals surface area (Å²) in [6.07, 6.45) is 1.84.